The lowest BCUT2D eigenvalue weighted by molar-refractivity contribution is 0.340. The van der Waals surface area contributed by atoms with Gasteiger partial charge in [0.2, 0.25) is 0 Å². The molecule has 0 saturated heterocycles. The van der Waals surface area contributed by atoms with Gasteiger partial charge in [-0.15, -0.1) is 11.3 Å². The van der Waals surface area contributed by atoms with Gasteiger partial charge in [-0.05, 0) is 19.1 Å². The number of nitrogen functional groups attached to an aromatic ring is 1. The van der Waals surface area contributed by atoms with Gasteiger partial charge in [0.05, 0.1) is 17.2 Å². The lowest BCUT2D eigenvalue weighted by atomic mass is 9.91. The molecule has 0 fully saturated rings. The Morgan fingerprint density at radius 1 is 1.38 bits per heavy atom. The van der Waals surface area contributed by atoms with Gasteiger partial charge in [0.1, 0.15) is 16.6 Å². The first kappa shape index (κ1) is 15.5. The van der Waals surface area contributed by atoms with Crippen molar-refractivity contribution >= 4 is 17.2 Å². The number of ether oxygens (including phenoxy) is 1. The minimum absolute atomic E-state index is 0.0737. The average Bonchev–Trinajstić information content (AvgIpc) is 2.84. The summed E-state index contributed by atoms with van der Waals surface area (Å²) in [5.41, 5.74) is 7.43. The highest BCUT2D eigenvalue weighted by molar-refractivity contribution is 7.17. The van der Waals surface area contributed by atoms with Gasteiger partial charge in [0.15, 0.2) is 0 Å². The molecule has 1 aromatic heterocycles. The number of nitrogens with one attached hydrogen (secondary N) is 1. The van der Waals surface area contributed by atoms with E-state index in [-0.39, 0.29) is 11.3 Å². The molecule has 0 bridgehead atoms. The van der Waals surface area contributed by atoms with Gasteiger partial charge in [0, 0.05) is 11.0 Å². The molecule has 0 atom stereocenters. The molecule has 0 aliphatic carbocycles. The van der Waals surface area contributed by atoms with Crippen LogP contribution in [-0.2, 0) is 5.41 Å². The van der Waals surface area contributed by atoms with Gasteiger partial charge in [-0.25, -0.2) is 4.98 Å². The van der Waals surface area contributed by atoms with Crippen molar-refractivity contribution in [2.45, 2.75) is 33.1 Å². The smallest absolute Gasteiger partial charge is 0.135 e. The van der Waals surface area contributed by atoms with Crippen LogP contribution in [-0.4, -0.2) is 17.4 Å². The fourth-order valence-corrected chi connectivity index (χ4v) is 3.15. The van der Waals surface area contributed by atoms with Crippen molar-refractivity contribution < 1.29 is 4.74 Å². The Labute approximate surface area is 129 Å². The van der Waals surface area contributed by atoms with E-state index >= 15 is 0 Å². The standard InChI is InChI=1S/C16H21N3OS/c1-5-20-11-8-6-7-10(9-11)15-19-13(16(2,3)4)12(21-15)14(17)18/h6-9H,5H2,1-4H3,(H3,17,18). The molecule has 0 saturated carbocycles. The number of nitrogens with two attached hydrogens (primary N) is 1. The minimum atomic E-state index is -0.146. The van der Waals surface area contributed by atoms with Crippen LogP contribution in [0, 0.1) is 5.41 Å². The summed E-state index contributed by atoms with van der Waals surface area (Å²) in [5.74, 6) is 0.900. The normalized spacial score (nSPS) is 11.4. The van der Waals surface area contributed by atoms with E-state index in [0.29, 0.717) is 6.61 Å². The van der Waals surface area contributed by atoms with Gasteiger partial charge in [-0.2, -0.15) is 0 Å². The van der Waals surface area contributed by atoms with E-state index in [4.69, 9.17) is 20.9 Å². The predicted molar refractivity (Wildman–Crippen MR) is 88.4 cm³/mol. The number of aromatic nitrogens is 1. The molecule has 0 spiro atoms. The predicted octanol–water partition coefficient (Wildman–Crippen LogP) is 3.79. The monoisotopic (exact) mass is 303 g/mol. The third-order valence-electron chi connectivity index (χ3n) is 2.97. The van der Waals surface area contributed by atoms with Crippen LogP contribution < -0.4 is 10.5 Å². The number of hydrogen-bond donors (Lipinski definition) is 2. The topological polar surface area (TPSA) is 72.0 Å². The lowest BCUT2D eigenvalue weighted by Crippen LogP contribution is -2.19. The first-order chi connectivity index (χ1) is 9.82. The fraction of sp³-hybridized carbons (Fsp3) is 0.375. The number of rotatable bonds is 4. The maximum atomic E-state index is 7.76. The molecular formula is C16H21N3OS. The van der Waals surface area contributed by atoms with E-state index in [0.717, 1.165) is 26.9 Å². The second-order valence-electron chi connectivity index (χ2n) is 5.82. The first-order valence-corrected chi connectivity index (χ1v) is 7.73. The summed E-state index contributed by atoms with van der Waals surface area (Å²) >= 11 is 1.46. The molecule has 3 N–H and O–H groups in total. The average molecular weight is 303 g/mol. The van der Waals surface area contributed by atoms with Crippen molar-refractivity contribution in [2.24, 2.45) is 5.73 Å². The van der Waals surface area contributed by atoms with E-state index in [1.165, 1.54) is 11.3 Å². The van der Waals surface area contributed by atoms with E-state index in [2.05, 4.69) is 20.8 Å². The second-order valence-corrected chi connectivity index (χ2v) is 6.82. The highest BCUT2D eigenvalue weighted by Crippen LogP contribution is 2.35. The molecule has 2 aromatic rings. The fourth-order valence-electron chi connectivity index (χ4n) is 2.02. The van der Waals surface area contributed by atoms with E-state index < -0.39 is 0 Å². The summed E-state index contributed by atoms with van der Waals surface area (Å²) in [5, 5.41) is 8.63. The van der Waals surface area contributed by atoms with Gasteiger partial charge in [-0.3, -0.25) is 5.41 Å². The molecule has 2 rings (SSSR count). The Hall–Kier alpha value is -1.88. The second kappa shape index (κ2) is 5.85. The highest BCUT2D eigenvalue weighted by Gasteiger charge is 2.25. The number of benzene rings is 1. The van der Waals surface area contributed by atoms with Crippen molar-refractivity contribution in [1.29, 1.82) is 5.41 Å². The first-order valence-electron chi connectivity index (χ1n) is 6.92. The Morgan fingerprint density at radius 2 is 2.10 bits per heavy atom. The molecule has 0 amide bonds. The van der Waals surface area contributed by atoms with Crippen LogP contribution in [0.25, 0.3) is 10.6 Å². The van der Waals surface area contributed by atoms with E-state index in [1.807, 2.05) is 31.2 Å². The molecule has 5 heteroatoms. The van der Waals surface area contributed by atoms with Crippen molar-refractivity contribution in [2.75, 3.05) is 6.61 Å². The third-order valence-corrected chi connectivity index (χ3v) is 4.11. The van der Waals surface area contributed by atoms with Gasteiger partial charge in [0.25, 0.3) is 0 Å². The van der Waals surface area contributed by atoms with E-state index in [9.17, 15) is 0 Å². The number of thiazole rings is 1. The lowest BCUT2D eigenvalue weighted by Gasteiger charge is -2.16. The number of amidine groups is 1. The molecule has 0 unspecified atom stereocenters. The van der Waals surface area contributed by atoms with Crippen LogP contribution >= 0.6 is 11.3 Å². The summed E-state index contributed by atoms with van der Waals surface area (Å²) in [6, 6.07) is 7.85. The number of nitrogens with zero attached hydrogens (tertiary/aromatic N) is 1. The summed E-state index contributed by atoms with van der Waals surface area (Å²) in [7, 11) is 0. The minimum Gasteiger partial charge on any atom is -0.494 e. The van der Waals surface area contributed by atoms with Gasteiger partial charge in [-0.1, -0.05) is 32.9 Å². The third kappa shape index (κ3) is 3.42. The van der Waals surface area contributed by atoms with Gasteiger partial charge >= 0.3 is 0 Å². The zero-order valence-electron chi connectivity index (χ0n) is 12.9. The number of hydrogen-bond acceptors (Lipinski definition) is 4. The van der Waals surface area contributed by atoms with E-state index in [1.54, 1.807) is 0 Å². The van der Waals surface area contributed by atoms with Crippen LogP contribution in [0.2, 0.25) is 0 Å². The zero-order valence-corrected chi connectivity index (χ0v) is 13.7. The van der Waals surface area contributed by atoms with Gasteiger partial charge < -0.3 is 10.5 Å². The van der Waals surface area contributed by atoms with Crippen molar-refractivity contribution in [1.82, 2.24) is 4.98 Å². The van der Waals surface area contributed by atoms with Crippen LogP contribution in [0.3, 0.4) is 0 Å². The molecular weight excluding hydrogens is 282 g/mol. The quantitative estimate of drug-likeness (QED) is 0.666. The van der Waals surface area contributed by atoms with Crippen molar-refractivity contribution in [3.63, 3.8) is 0 Å². The van der Waals surface area contributed by atoms with Crippen molar-refractivity contribution in [3.8, 4) is 16.3 Å². The maximum absolute atomic E-state index is 7.76. The molecule has 0 aliphatic rings. The molecule has 1 heterocycles. The molecule has 4 nitrogen and oxygen atoms in total. The van der Waals surface area contributed by atoms with Crippen molar-refractivity contribution in [3.05, 3.63) is 34.8 Å². The largest absolute Gasteiger partial charge is 0.494 e. The molecule has 21 heavy (non-hydrogen) atoms. The molecule has 0 radical (unpaired) electrons. The molecule has 1 aromatic carbocycles. The zero-order chi connectivity index (χ0) is 15.6. The summed E-state index contributed by atoms with van der Waals surface area (Å²) < 4.78 is 5.53. The van der Waals surface area contributed by atoms with Crippen LogP contribution in [0.4, 0.5) is 0 Å². The SMILES string of the molecule is CCOc1cccc(-c2nc(C(C)(C)C)c(C(=N)N)s2)c1. The summed E-state index contributed by atoms with van der Waals surface area (Å²) in [6.45, 7) is 8.83. The summed E-state index contributed by atoms with van der Waals surface area (Å²) in [4.78, 5) is 5.47. The Balaban J connectivity index is 2.50. The Bertz CT molecular complexity index is 656. The highest BCUT2D eigenvalue weighted by atomic mass is 32.1. The van der Waals surface area contributed by atoms with Crippen LogP contribution in [0.5, 0.6) is 5.75 Å². The Morgan fingerprint density at radius 3 is 2.62 bits per heavy atom. The Kier molecular flexibility index (Phi) is 4.32. The van der Waals surface area contributed by atoms with Crippen LogP contribution in [0.15, 0.2) is 24.3 Å². The summed E-state index contributed by atoms with van der Waals surface area (Å²) in [6.07, 6.45) is 0. The van der Waals surface area contributed by atoms with Crippen LogP contribution in [0.1, 0.15) is 38.3 Å². The molecule has 0 aliphatic heterocycles. The molecule has 112 valence electrons. The maximum Gasteiger partial charge on any atom is 0.135 e.